The van der Waals surface area contributed by atoms with Crippen molar-refractivity contribution in [2.24, 2.45) is 0 Å². The smallest absolute Gasteiger partial charge is 0.380 e. The number of ether oxygens (including phenoxy) is 1. The first-order chi connectivity index (χ1) is 13.8. The van der Waals surface area contributed by atoms with Gasteiger partial charge in [0.2, 0.25) is 0 Å². The molecule has 0 atom stereocenters. The van der Waals surface area contributed by atoms with Gasteiger partial charge in [-0.3, -0.25) is 4.79 Å². The second kappa shape index (κ2) is 8.44. The summed E-state index contributed by atoms with van der Waals surface area (Å²) in [6.45, 7) is 2.45. The molecule has 2 aromatic heterocycles. The molecule has 0 radical (unpaired) electrons. The zero-order valence-corrected chi connectivity index (χ0v) is 15.8. The van der Waals surface area contributed by atoms with Crippen LogP contribution in [0.15, 0.2) is 48.8 Å². The van der Waals surface area contributed by atoms with Gasteiger partial charge in [0.05, 0.1) is 29.6 Å². The predicted octanol–water partition coefficient (Wildman–Crippen LogP) is 3.67. The fraction of sp³-hybridized carbons (Fsp3) is 0.250. The third-order valence-corrected chi connectivity index (χ3v) is 4.30. The number of benzene rings is 1. The Bertz CT molecular complexity index is 998. The third kappa shape index (κ3) is 4.80. The monoisotopic (exact) mass is 404 g/mol. The van der Waals surface area contributed by atoms with E-state index in [1.165, 1.54) is 16.9 Å². The summed E-state index contributed by atoms with van der Waals surface area (Å²) in [6, 6.07) is 9.78. The highest BCUT2D eigenvalue weighted by Gasteiger charge is 2.30. The van der Waals surface area contributed by atoms with E-state index in [9.17, 15) is 18.0 Å². The minimum Gasteiger partial charge on any atom is -0.380 e. The topological polar surface area (TPSA) is 69.0 Å². The van der Waals surface area contributed by atoms with Crippen molar-refractivity contribution in [2.45, 2.75) is 26.3 Å². The summed E-state index contributed by atoms with van der Waals surface area (Å²) in [5.74, 6) is -0.139. The molecule has 1 amide bonds. The van der Waals surface area contributed by atoms with E-state index in [4.69, 9.17) is 4.74 Å². The molecule has 0 bridgehead atoms. The first-order valence-electron chi connectivity index (χ1n) is 8.73. The van der Waals surface area contributed by atoms with Gasteiger partial charge in [-0.1, -0.05) is 24.3 Å². The molecule has 0 unspecified atom stereocenters. The Morgan fingerprint density at radius 2 is 1.93 bits per heavy atom. The number of alkyl halides is 3. The minimum atomic E-state index is -4.46. The summed E-state index contributed by atoms with van der Waals surface area (Å²) in [5.41, 5.74) is 1.86. The zero-order chi connectivity index (χ0) is 21.0. The molecule has 0 spiro atoms. The number of amides is 1. The van der Waals surface area contributed by atoms with Crippen molar-refractivity contribution < 1.29 is 22.7 Å². The molecule has 0 saturated heterocycles. The second-order valence-corrected chi connectivity index (χ2v) is 6.39. The quantitative estimate of drug-likeness (QED) is 0.681. The Balaban J connectivity index is 1.71. The Kier molecular flexibility index (Phi) is 5.97. The van der Waals surface area contributed by atoms with Gasteiger partial charge in [0.25, 0.3) is 5.91 Å². The van der Waals surface area contributed by atoms with Gasteiger partial charge in [-0.05, 0) is 30.2 Å². The van der Waals surface area contributed by atoms with Crippen LogP contribution in [0.1, 0.15) is 32.7 Å². The van der Waals surface area contributed by atoms with Crippen molar-refractivity contribution >= 4 is 5.91 Å². The number of carbonyl (C=O) groups is 1. The Labute approximate surface area is 165 Å². The van der Waals surface area contributed by atoms with Crippen LogP contribution < -0.4 is 5.32 Å². The molecular formula is C20H19F3N4O2. The molecule has 29 heavy (non-hydrogen) atoms. The van der Waals surface area contributed by atoms with Crippen LogP contribution in [0.5, 0.6) is 0 Å². The highest BCUT2D eigenvalue weighted by atomic mass is 19.4. The molecule has 6 nitrogen and oxygen atoms in total. The van der Waals surface area contributed by atoms with Crippen LogP contribution in [0.25, 0.3) is 5.82 Å². The number of rotatable bonds is 6. The highest BCUT2D eigenvalue weighted by Crippen LogP contribution is 2.28. The predicted molar refractivity (Wildman–Crippen MR) is 99.4 cm³/mol. The van der Waals surface area contributed by atoms with E-state index in [2.05, 4.69) is 15.4 Å². The maximum atomic E-state index is 12.7. The van der Waals surface area contributed by atoms with Crippen LogP contribution in [0, 0.1) is 6.92 Å². The van der Waals surface area contributed by atoms with Crippen LogP contribution in [-0.4, -0.2) is 27.8 Å². The van der Waals surface area contributed by atoms with Gasteiger partial charge in [0, 0.05) is 19.9 Å². The van der Waals surface area contributed by atoms with Gasteiger partial charge in [-0.25, -0.2) is 9.67 Å². The van der Waals surface area contributed by atoms with E-state index >= 15 is 0 Å². The van der Waals surface area contributed by atoms with Gasteiger partial charge in [0.15, 0.2) is 5.82 Å². The van der Waals surface area contributed by atoms with Crippen molar-refractivity contribution in [2.75, 3.05) is 7.11 Å². The Morgan fingerprint density at radius 3 is 2.59 bits per heavy atom. The lowest BCUT2D eigenvalue weighted by atomic mass is 10.1. The van der Waals surface area contributed by atoms with Gasteiger partial charge >= 0.3 is 6.18 Å². The summed E-state index contributed by atoms with van der Waals surface area (Å²) in [7, 11) is 1.61. The summed E-state index contributed by atoms with van der Waals surface area (Å²) < 4.78 is 44.5. The SMILES string of the molecule is COCc1cccc(CNC(=O)c2cnn(-c3ccc(C(F)(F)F)cn3)c2C)c1. The van der Waals surface area contributed by atoms with Crippen molar-refractivity contribution in [3.63, 3.8) is 0 Å². The molecule has 3 rings (SSSR count). The number of nitrogens with zero attached hydrogens (tertiary/aromatic N) is 3. The van der Waals surface area contributed by atoms with E-state index in [1.54, 1.807) is 14.0 Å². The third-order valence-electron chi connectivity index (χ3n) is 4.30. The lowest BCUT2D eigenvalue weighted by Gasteiger charge is -2.09. The normalized spacial score (nSPS) is 11.5. The van der Waals surface area contributed by atoms with Crippen LogP contribution in [-0.2, 0) is 24.1 Å². The van der Waals surface area contributed by atoms with Crippen molar-refractivity contribution in [3.05, 3.63) is 76.7 Å². The van der Waals surface area contributed by atoms with Crippen molar-refractivity contribution in [1.82, 2.24) is 20.1 Å². The molecule has 152 valence electrons. The second-order valence-electron chi connectivity index (χ2n) is 6.39. The first kappa shape index (κ1) is 20.5. The molecule has 1 aromatic carbocycles. The summed E-state index contributed by atoms with van der Waals surface area (Å²) >= 11 is 0. The van der Waals surface area contributed by atoms with E-state index in [0.29, 0.717) is 24.4 Å². The molecule has 0 aliphatic heterocycles. The van der Waals surface area contributed by atoms with E-state index in [-0.39, 0.29) is 11.7 Å². The number of nitrogens with one attached hydrogen (secondary N) is 1. The van der Waals surface area contributed by atoms with Crippen LogP contribution in [0.3, 0.4) is 0 Å². The zero-order valence-electron chi connectivity index (χ0n) is 15.8. The fourth-order valence-electron chi connectivity index (χ4n) is 2.82. The summed E-state index contributed by atoms with van der Waals surface area (Å²) in [6.07, 6.45) is -2.36. The molecular weight excluding hydrogens is 385 g/mol. The number of carbonyl (C=O) groups excluding carboxylic acids is 1. The molecule has 9 heteroatoms. The molecule has 3 aromatic rings. The lowest BCUT2D eigenvalue weighted by Crippen LogP contribution is -2.23. The number of hydrogen-bond donors (Lipinski definition) is 1. The lowest BCUT2D eigenvalue weighted by molar-refractivity contribution is -0.137. The summed E-state index contributed by atoms with van der Waals surface area (Å²) in [4.78, 5) is 16.3. The number of pyridine rings is 1. The van der Waals surface area contributed by atoms with E-state index < -0.39 is 11.7 Å². The maximum absolute atomic E-state index is 12.7. The van der Waals surface area contributed by atoms with Crippen LogP contribution in [0.4, 0.5) is 13.2 Å². The molecule has 0 aliphatic rings. The maximum Gasteiger partial charge on any atom is 0.417 e. The Morgan fingerprint density at radius 1 is 1.17 bits per heavy atom. The first-order valence-corrected chi connectivity index (χ1v) is 8.73. The van der Waals surface area contributed by atoms with Gasteiger partial charge in [-0.2, -0.15) is 18.3 Å². The average Bonchev–Trinajstić information content (AvgIpc) is 3.07. The largest absolute Gasteiger partial charge is 0.417 e. The molecule has 0 saturated carbocycles. The van der Waals surface area contributed by atoms with Gasteiger partial charge in [0.1, 0.15) is 0 Å². The number of hydrogen-bond acceptors (Lipinski definition) is 4. The van der Waals surface area contributed by atoms with Crippen LogP contribution >= 0.6 is 0 Å². The molecule has 2 heterocycles. The number of halogens is 3. The molecule has 0 fully saturated rings. The van der Waals surface area contributed by atoms with Gasteiger partial charge < -0.3 is 10.1 Å². The molecule has 0 aliphatic carbocycles. The van der Waals surface area contributed by atoms with E-state index in [1.807, 2.05) is 24.3 Å². The average molecular weight is 404 g/mol. The Hall–Kier alpha value is -3.20. The highest BCUT2D eigenvalue weighted by molar-refractivity contribution is 5.95. The number of aromatic nitrogens is 3. The standard InChI is InChI=1S/C20H19F3N4O2/c1-13-17(19(28)25-9-14-4-3-5-15(8-14)12-29-2)11-26-27(13)18-7-6-16(10-24-18)20(21,22)23/h3-8,10-11H,9,12H2,1-2H3,(H,25,28). The number of methoxy groups -OCH3 is 1. The fourth-order valence-corrected chi connectivity index (χ4v) is 2.82. The van der Waals surface area contributed by atoms with Crippen LogP contribution in [0.2, 0.25) is 0 Å². The van der Waals surface area contributed by atoms with Crippen molar-refractivity contribution in [1.29, 1.82) is 0 Å². The van der Waals surface area contributed by atoms with Gasteiger partial charge in [-0.15, -0.1) is 0 Å². The summed E-state index contributed by atoms with van der Waals surface area (Å²) in [5, 5.41) is 6.90. The minimum absolute atomic E-state index is 0.196. The van der Waals surface area contributed by atoms with E-state index in [0.717, 1.165) is 23.4 Å². The van der Waals surface area contributed by atoms with Crippen molar-refractivity contribution in [3.8, 4) is 5.82 Å². The molecule has 1 N–H and O–H groups in total.